The van der Waals surface area contributed by atoms with E-state index in [1.54, 1.807) is 7.11 Å². The maximum Gasteiger partial charge on any atom is 0.320 e. The highest BCUT2D eigenvalue weighted by Gasteiger charge is 2.40. The molecule has 5 nitrogen and oxygen atoms in total. The number of rotatable bonds is 8. The lowest BCUT2D eigenvalue weighted by atomic mass is 9.93. The first-order valence-electron chi connectivity index (χ1n) is 8.18. The van der Waals surface area contributed by atoms with Crippen LogP contribution in [-0.4, -0.2) is 44.5 Å². The maximum absolute atomic E-state index is 11.6. The highest BCUT2D eigenvalue weighted by Crippen LogP contribution is 2.26. The Morgan fingerprint density at radius 3 is 2.65 bits per heavy atom. The van der Waals surface area contributed by atoms with Crippen molar-refractivity contribution < 1.29 is 19.0 Å². The van der Waals surface area contributed by atoms with Crippen LogP contribution in [0, 0.1) is 5.92 Å². The average Bonchev–Trinajstić information content (AvgIpc) is 2.55. The topological polar surface area (TPSA) is 70.8 Å². The zero-order valence-electron chi connectivity index (χ0n) is 14.3. The predicted molar refractivity (Wildman–Crippen MR) is 91.0 cm³/mol. The minimum absolute atomic E-state index is 0.146. The molecule has 130 valence electrons. The average molecular weight is 323 g/mol. The van der Waals surface area contributed by atoms with Gasteiger partial charge in [0, 0.05) is 13.0 Å². The SMILES string of the molecule is CCC/C=C/C=C/C=C\[C@@H]1OC[C@H](C)[C@H](OC)[C@H]1OC(=O)CN. The molecule has 0 amide bonds. The summed E-state index contributed by atoms with van der Waals surface area (Å²) in [6, 6.07) is 0. The van der Waals surface area contributed by atoms with Crippen molar-refractivity contribution >= 4 is 5.97 Å². The molecule has 0 radical (unpaired) electrons. The molecular weight excluding hydrogens is 294 g/mol. The molecule has 1 heterocycles. The minimum Gasteiger partial charge on any atom is -0.455 e. The molecule has 0 bridgehead atoms. The lowest BCUT2D eigenvalue weighted by Crippen LogP contribution is -2.52. The van der Waals surface area contributed by atoms with Crippen molar-refractivity contribution in [1.29, 1.82) is 0 Å². The smallest absolute Gasteiger partial charge is 0.320 e. The van der Waals surface area contributed by atoms with Gasteiger partial charge in [-0.15, -0.1) is 0 Å². The van der Waals surface area contributed by atoms with Crippen LogP contribution in [0.2, 0.25) is 0 Å². The minimum atomic E-state index is -0.486. The van der Waals surface area contributed by atoms with Crippen LogP contribution in [-0.2, 0) is 19.0 Å². The molecule has 0 aromatic carbocycles. The second kappa shape index (κ2) is 11.2. The van der Waals surface area contributed by atoms with Gasteiger partial charge in [0.15, 0.2) is 6.10 Å². The van der Waals surface area contributed by atoms with Crippen molar-refractivity contribution in [2.75, 3.05) is 20.3 Å². The summed E-state index contributed by atoms with van der Waals surface area (Å²) in [5, 5.41) is 0. The molecular formula is C18H29NO4. The van der Waals surface area contributed by atoms with Crippen LogP contribution >= 0.6 is 0 Å². The Labute approximate surface area is 139 Å². The number of ether oxygens (including phenoxy) is 3. The predicted octanol–water partition coefficient (Wildman–Crippen LogP) is 2.38. The number of methoxy groups -OCH3 is 1. The third-order valence-corrected chi connectivity index (χ3v) is 3.69. The van der Waals surface area contributed by atoms with Crippen molar-refractivity contribution in [2.24, 2.45) is 11.7 Å². The van der Waals surface area contributed by atoms with Gasteiger partial charge in [0.05, 0.1) is 13.2 Å². The number of hydrogen-bond donors (Lipinski definition) is 1. The molecule has 0 spiro atoms. The standard InChI is InChI=1S/C18H29NO4/c1-4-5-6-7-8-9-10-11-15-18(23-16(20)12-19)17(21-3)14(2)13-22-15/h6-11,14-15,17-18H,4-5,12-13,19H2,1-3H3/b7-6+,9-8+,11-10-/t14-,15-,17-,18-/m0/s1. The van der Waals surface area contributed by atoms with Crippen molar-refractivity contribution in [1.82, 2.24) is 0 Å². The fourth-order valence-corrected chi connectivity index (χ4v) is 2.47. The summed E-state index contributed by atoms with van der Waals surface area (Å²) in [6.07, 6.45) is 13.0. The first-order valence-corrected chi connectivity index (χ1v) is 8.18. The number of carbonyl (C=O) groups is 1. The molecule has 0 aromatic heterocycles. The van der Waals surface area contributed by atoms with E-state index in [4.69, 9.17) is 19.9 Å². The second-order valence-electron chi connectivity index (χ2n) is 5.62. The molecule has 1 aliphatic heterocycles. The van der Waals surface area contributed by atoms with Gasteiger partial charge < -0.3 is 19.9 Å². The Hall–Kier alpha value is -1.43. The van der Waals surface area contributed by atoms with Crippen LogP contribution in [0.3, 0.4) is 0 Å². The zero-order valence-corrected chi connectivity index (χ0v) is 14.3. The Morgan fingerprint density at radius 1 is 1.26 bits per heavy atom. The summed E-state index contributed by atoms with van der Waals surface area (Å²) < 4.78 is 16.7. The van der Waals surface area contributed by atoms with E-state index in [1.807, 2.05) is 37.3 Å². The third-order valence-electron chi connectivity index (χ3n) is 3.69. The molecule has 2 N–H and O–H groups in total. The summed E-state index contributed by atoms with van der Waals surface area (Å²) >= 11 is 0. The van der Waals surface area contributed by atoms with Gasteiger partial charge in [-0.25, -0.2) is 0 Å². The third kappa shape index (κ3) is 6.69. The normalized spacial score (nSPS) is 28.9. The monoisotopic (exact) mass is 323 g/mol. The molecule has 0 aliphatic carbocycles. The van der Waals surface area contributed by atoms with Crippen LogP contribution in [0.1, 0.15) is 26.7 Å². The molecule has 5 heteroatoms. The lowest BCUT2D eigenvalue weighted by molar-refractivity contribution is -0.189. The van der Waals surface area contributed by atoms with Gasteiger partial charge in [0.2, 0.25) is 0 Å². The van der Waals surface area contributed by atoms with Gasteiger partial charge in [0.25, 0.3) is 0 Å². The number of allylic oxidation sites excluding steroid dienone is 5. The number of carbonyl (C=O) groups excluding carboxylic acids is 1. The number of esters is 1. The van der Waals surface area contributed by atoms with Crippen LogP contribution in [0.15, 0.2) is 36.5 Å². The second-order valence-corrected chi connectivity index (χ2v) is 5.62. The molecule has 1 rings (SSSR count). The van der Waals surface area contributed by atoms with Gasteiger partial charge in [0.1, 0.15) is 12.2 Å². The molecule has 1 aliphatic rings. The Kier molecular flexibility index (Phi) is 9.52. The van der Waals surface area contributed by atoms with E-state index in [1.165, 1.54) is 0 Å². The molecule has 1 fully saturated rings. The lowest BCUT2D eigenvalue weighted by Gasteiger charge is -2.39. The Bertz CT molecular complexity index is 431. The molecule has 1 saturated heterocycles. The maximum atomic E-state index is 11.6. The van der Waals surface area contributed by atoms with E-state index in [-0.39, 0.29) is 24.7 Å². The van der Waals surface area contributed by atoms with Gasteiger partial charge in [-0.05, 0) is 6.42 Å². The first kappa shape index (κ1) is 19.6. The van der Waals surface area contributed by atoms with Crippen LogP contribution < -0.4 is 5.73 Å². The van der Waals surface area contributed by atoms with E-state index in [0.717, 1.165) is 12.8 Å². The Balaban J connectivity index is 2.70. The van der Waals surface area contributed by atoms with E-state index < -0.39 is 12.1 Å². The van der Waals surface area contributed by atoms with Crippen molar-refractivity contribution in [2.45, 2.75) is 45.0 Å². The summed E-state index contributed by atoms with van der Waals surface area (Å²) in [5.74, 6) is -0.307. The quantitative estimate of drug-likeness (QED) is 0.548. The largest absolute Gasteiger partial charge is 0.455 e. The van der Waals surface area contributed by atoms with Crippen molar-refractivity contribution in [3.63, 3.8) is 0 Å². The molecule has 0 saturated carbocycles. The molecule has 23 heavy (non-hydrogen) atoms. The van der Waals surface area contributed by atoms with Crippen LogP contribution in [0.25, 0.3) is 0 Å². The van der Waals surface area contributed by atoms with Crippen molar-refractivity contribution in [3.8, 4) is 0 Å². The Morgan fingerprint density at radius 2 is 2.00 bits per heavy atom. The summed E-state index contributed by atoms with van der Waals surface area (Å²) in [7, 11) is 1.62. The highest BCUT2D eigenvalue weighted by atomic mass is 16.6. The summed E-state index contributed by atoms with van der Waals surface area (Å²) in [5.41, 5.74) is 5.34. The van der Waals surface area contributed by atoms with E-state index in [2.05, 4.69) is 13.0 Å². The van der Waals surface area contributed by atoms with Crippen molar-refractivity contribution in [3.05, 3.63) is 36.5 Å². The number of unbranched alkanes of at least 4 members (excludes halogenated alkanes) is 1. The molecule has 0 aromatic rings. The molecule has 0 unspecified atom stereocenters. The van der Waals surface area contributed by atoms with E-state index >= 15 is 0 Å². The van der Waals surface area contributed by atoms with Gasteiger partial charge in [-0.3, -0.25) is 4.79 Å². The summed E-state index contributed by atoms with van der Waals surface area (Å²) in [4.78, 5) is 11.6. The van der Waals surface area contributed by atoms with Crippen LogP contribution in [0.4, 0.5) is 0 Å². The van der Waals surface area contributed by atoms with E-state index in [0.29, 0.717) is 6.61 Å². The fraction of sp³-hybridized carbons (Fsp3) is 0.611. The number of nitrogens with two attached hydrogens (primary N) is 1. The van der Waals surface area contributed by atoms with Gasteiger partial charge >= 0.3 is 5.97 Å². The molecule has 4 atom stereocenters. The fourth-order valence-electron chi connectivity index (χ4n) is 2.47. The zero-order chi connectivity index (χ0) is 17.1. The number of hydrogen-bond acceptors (Lipinski definition) is 5. The first-order chi connectivity index (χ1) is 11.1. The summed E-state index contributed by atoms with van der Waals surface area (Å²) in [6.45, 7) is 4.56. The van der Waals surface area contributed by atoms with E-state index in [9.17, 15) is 4.79 Å². The van der Waals surface area contributed by atoms with Crippen LogP contribution in [0.5, 0.6) is 0 Å². The van der Waals surface area contributed by atoms with Gasteiger partial charge in [-0.2, -0.15) is 0 Å². The highest BCUT2D eigenvalue weighted by molar-refractivity contribution is 5.71. The van der Waals surface area contributed by atoms with Gasteiger partial charge in [-0.1, -0.05) is 56.7 Å².